The van der Waals surface area contributed by atoms with Crippen LogP contribution in [0.5, 0.6) is 0 Å². The van der Waals surface area contributed by atoms with E-state index in [9.17, 15) is 0 Å². The van der Waals surface area contributed by atoms with E-state index in [-0.39, 0.29) is 5.54 Å². The molecule has 2 N–H and O–H groups in total. The lowest BCUT2D eigenvalue weighted by Crippen LogP contribution is -2.42. The fourth-order valence-electron chi connectivity index (χ4n) is 1.33. The third kappa shape index (κ3) is 3.23. The minimum absolute atomic E-state index is 0.249. The van der Waals surface area contributed by atoms with Crippen LogP contribution in [-0.4, -0.2) is 33.8 Å². The lowest BCUT2D eigenvalue weighted by Gasteiger charge is -2.34. The van der Waals surface area contributed by atoms with E-state index in [1.165, 1.54) is 0 Å². The number of nitrogens with zero attached hydrogens (tertiary/aromatic N) is 3. The van der Waals surface area contributed by atoms with Crippen LogP contribution in [0.3, 0.4) is 0 Å². The summed E-state index contributed by atoms with van der Waals surface area (Å²) in [6.45, 7) is 8.59. The summed E-state index contributed by atoms with van der Waals surface area (Å²) in [6, 6.07) is 1.82. The molecule has 0 fully saturated rings. The molecular weight excluding hydrogens is 188 g/mol. The molecule has 0 bridgehead atoms. The van der Waals surface area contributed by atoms with E-state index in [4.69, 9.17) is 5.73 Å². The normalized spacial score (nSPS) is 12.3. The van der Waals surface area contributed by atoms with Crippen LogP contribution in [-0.2, 0) is 6.54 Å². The van der Waals surface area contributed by atoms with E-state index in [1.807, 2.05) is 16.9 Å². The zero-order chi connectivity index (χ0) is 11.5. The van der Waals surface area contributed by atoms with Gasteiger partial charge in [-0.1, -0.05) is 6.92 Å². The predicted octanol–water partition coefficient (Wildman–Crippen LogP) is 1.59. The fourth-order valence-corrected chi connectivity index (χ4v) is 1.33. The average molecular weight is 210 g/mol. The monoisotopic (exact) mass is 210 g/mol. The average Bonchev–Trinajstić information content (AvgIpc) is 2.60. The second-order valence-electron chi connectivity index (χ2n) is 4.59. The SMILES string of the molecule is CCC(C)(C)N(C)CCn1ccc(N)n1. The van der Waals surface area contributed by atoms with Crippen molar-refractivity contribution in [3.8, 4) is 0 Å². The molecule has 15 heavy (non-hydrogen) atoms. The Labute approximate surface area is 92.1 Å². The van der Waals surface area contributed by atoms with E-state index >= 15 is 0 Å². The van der Waals surface area contributed by atoms with E-state index in [2.05, 4.69) is 37.8 Å². The number of anilines is 1. The van der Waals surface area contributed by atoms with Crippen LogP contribution in [0.15, 0.2) is 12.3 Å². The quantitative estimate of drug-likeness (QED) is 0.802. The number of nitrogens with two attached hydrogens (primary N) is 1. The maximum absolute atomic E-state index is 5.55. The smallest absolute Gasteiger partial charge is 0.145 e. The molecule has 1 aromatic rings. The third-order valence-corrected chi connectivity index (χ3v) is 3.22. The van der Waals surface area contributed by atoms with Crippen molar-refractivity contribution in [2.24, 2.45) is 0 Å². The topological polar surface area (TPSA) is 47.1 Å². The van der Waals surface area contributed by atoms with Crippen LogP contribution in [0, 0.1) is 0 Å². The summed E-state index contributed by atoms with van der Waals surface area (Å²) in [5.41, 5.74) is 5.80. The van der Waals surface area contributed by atoms with Gasteiger partial charge in [-0.3, -0.25) is 9.58 Å². The Bertz CT molecular complexity index is 303. The van der Waals surface area contributed by atoms with Crippen molar-refractivity contribution >= 4 is 5.82 Å². The van der Waals surface area contributed by atoms with Crippen molar-refractivity contribution in [2.45, 2.75) is 39.3 Å². The summed E-state index contributed by atoms with van der Waals surface area (Å²) in [4.78, 5) is 2.35. The van der Waals surface area contributed by atoms with E-state index < -0.39 is 0 Å². The minimum Gasteiger partial charge on any atom is -0.382 e. The van der Waals surface area contributed by atoms with Crippen LogP contribution >= 0.6 is 0 Å². The molecule has 86 valence electrons. The second kappa shape index (κ2) is 4.66. The standard InChI is InChI=1S/C11H22N4/c1-5-11(2,3)14(4)8-9-15-7-6-10(12)13-15/h6-7H,5,8-9H2,1-4H3,(H2,12,13). The summed E-state index contributed by atoms with van der Waals surface area (Å²) in [7, 11) is 2.15. The summed E-state index contributed by atoms with van der Waals surface area (Å²) in [5, 5.41) is 4.16. The summed E-state index contributed by atoms with van der Waals surface area (Å²) >= 11 is 0. The van der Waals surface area contributed by atoms with Gasteiger partial charge in [0.2, 0.25) is 0 Å². The van der Waals surface area contributed by atoms with Gasteiger partial charge in [0.25, 0.3) is 0 Å². The molecule has 0 unspecified atom stereocenters. The van der Waals surface area contributed by atoms with Gasteiger partial charge in [-0.05, 0) is 33.4 Å². The van der Waals surface area contributed by atoms with Crippen LogP contribution in [0.2, 0.25) is 0 Å². The van der Waals surface area contributed by atoms with Gasteiger partial charge in [0.1, 0.15) is 5.82 Å². The minimum atomic E-state index is 0.249. The molecular formula is C11H22N4. The second-order valence-corrected chi connectivity index (χ2v) is 4.59. The molecule has 0 saturated heterocycles. The highest BCUT2D eigenvalue weighted by Gasteiger charge is 2.20. The zero-order valence-corrected chi connectivity index (χ0v) is 10.2. The van der Waals surface area contributed by atoms with Crippen LogP contribution in [0.4, 0.5) is 5.82 Å². The molecule has 1 heterocycles. The number of nitrogen functional groups attached to an aromatic ring is 1. The molecule has 0 aliphatic heterocycles. The van der Waals surface area contributed by atoms with E-state index in [0.29, 0.717) is 5.82 Å². The Morgan fingerprint density at radius 1 is 1.53 bits per heavy atom. The summed E-state index contributed by atoms with van der Waals surface area (Å²) in [6.07, 6.45) is 3.06. The van der Waals surface area contributed by atoms with Gasteiger partial charge in [-0.2, -0.15) is 5.10 Å². The molecule has 0 atom stereocenters. The molecule has 0 aliphatic rings. The van der Waals surface area contributed by atoms with Crippen molar-refractivity contribution in [3.63, 3.8) is 0 Å². The highest BCUT2D eigenvalue weighted by molar-refractivity contribution is 5.23. The molecule has 0 radical (unpaired) electrons. The highest BCUT2D eigenvalue weighted by Crippen LogP contribution is 2.15. The fraction of sp³-hybridized carbons (Fsp3) is 0.727. The van der Waals surface area contributed by atoms with Gasteiger partial charge in [0.15, 0.2) is 0 Å². The number of hydrogen-bond donors (Lipinski definition) is 1. The highest BCUT2D eigenvalue weighted by atomic mass is 15.3. The Morgan fingerprint density at radius 3 is 2.67 bits per heavy atom. The first kappa shape index (κ1) is 12.0. The molecule has 1 aromatic heterocycles. The number of hydrogen-bond acceptors (Lipinski definition) is 3. The summed E-state index contributed by atoms with van der Waals surface area (Å²) < 4.78 is 1.89. The summed E-state index contributed by atoms with van der Waals surface area (Å²) in [5.74, 6) is 0.590. The van der Waals surface area contributed by atoms with Crippen LogP contribution in [0.1, 0.15) is 27.2 Å². The molecule has 4 nitrogen and oxygen atoms in total. The molecule has 0 spiro atoms. The largest absolute Gasteiger partial charge is 0.382 e. The lowest BCUT2D eigenvalue weighted by atomic mass is 10.0. The molecule has 0 amide bonds. The first-order valence-electron chi connectivity index (χ1n) is 5.46. The molecule has 0 saturated carbocycles. The zero-order valence-electron chi connectivity index (χ0n) is 10.2. The lowest BCUT2D eigenvalue weighted by molar-refractivity contribution is 0.144. The van der Waals surface area contributed by atoms with Crippen molar-refractivity contribution in [1.82, 2.24) is 14.7 Å². The molecule has 0 aromatic carbocycles. The maximum Gasteiger partial charge on any atom is 0.145 e. The Kier molecular flexibility index (Phi) is 3.74. The number of rotatable bonds is 5. The molecule has 4 heteroatoms. The molecule has 1 rings (SSSR count). The Hall–Kier alpha value is -1.03. The molecule has 0 aliphatic carbocycles. The number of likely N-dealkylation sites (N-methyl/N-ethyl adjacent to an activating group) is 1. The van der Waals surface area contributed by atoms with E-state index in [0.717, 1.165) is 19.5 Å². The Morgan fingerprint density at radius 2 is 2.20 bits per heavy atom. The van der Waals surface area contributed by atoms with Crippen LogP contribution in [0.25, 0.3) is 0 Å². The van der Waals surface area contributed by atoms with Crippen molar-refractivity contribution in [2.75, 3.05) is 19.3 Å². The van der Waals surface area contributed by atoms with Gasteiger partial charge in [0, 0.05) is 18.3 Å². The van der Waals surface area contributed by atoms with Gasteiger partial charge in [-0.15, -0.1) is 0 Å². The maximum atomic E-state index is 5.55. The number of aromatic nitrogens is 2. The van der Waals surface area contributed by atoms with Gasteiger partial charge >= 0.3 is 0 Å². The van der Waals surface area contributed by atoms with Gasteiger partial charge in [0.05, 0.1) is 6.54 Å². The third-order valence-electron chi connectivity index (χ3n) is 3.22. The van der Waals surface area contributed by atoms with Gasteiger partial charge < -0.3 is 5.73 Å². The first-order chi connectivity index (χ1) is 6.95. The van der Waals surface area contributed by atoms with Crippen LogP contribution < -0.4 is 5.73 Å². The van der Waals surface area contributed by atoms with Crippen molar-refractivity contribution in [1.29, 1.82) is 0 Å². The van der Waals surface area contributed by atoms with Gasteiger partial charge in [-0.25, -0.2) is 0 Å². The Balaban J connectivity index is 2.44. The predicted molar refractivity (Wildman–Crippen MR) is 63.6 cm³/mol. The van der Waals surface area contributed by atoms with Crippen molar-refractivity contribution in [3.05, 3.63) is 12.3 Å². The first-order valence-corrected chi connectivity index (χ1v) is 5.46. The van der Waals surface area contributed by atoms with E-state index in [1.54, 1.807) is 0 Å². The van der Waals surface area contributed by atoms with Crippen molar-refractivity contribution < 1.29 is 0 Å².